The van der Waals surface area contributed by atoms with E-state index in [2.05, 4.69) is 17.1 Å². The number of halogens is 2. The molecule has 0 spiro atoms. The highest BCUT2D eigenvalue weighted by atomic mass is 35.5. The Labute approximate surface area is 133 Å². The number of pyridine rings is 1. The Morgan fingerprint density at radius 3 is 2.67 bits per heavy atom. The number of hydrogen-bond acceptors (Lipinski definition) is 2. The molecule has 0 saturated carbocycles. The highest BCUT2D eigenvalue weighted by molar-refractivity contribution is 6.34. The van der Waals surface area contributed by atoms with Gasteiger partial charge >= 0.3 is 0 Å². The number of nitrogens with zero attached hydrogens (tertiary/aromatic N) is 2. The van der Waals surface area contributed by atoms with Gasteiger partial charge in [0, 0.05) is 19.0 Å². The van der Waals surface area contributed by atoms with E-state index in [-0.39, 0.29) is 16.8 Å². The number of benzene rings is 1. The lowest BCUT2D eigenvalue weighted by atomic mass is 9.99. The predicted octanol–water partition coefficient (Wildman–Crippen LogP) is 4.02. The second-order valence-electron chi connectivity index (χ2n) is 5.11. The summed E-state index contributed by atoms with van der Waals surface area (Å²) in [6, 6.07) is 13.4. The Bertz CT molecular complexity index is 661. The van der Waals surface area contributed by atoms with Crippen molar-refractivity contribution in [3.05, 3.63) is 63.9 Å². The van der Waals surface area contributed by atoms with E-state index >= 15 is 0 Å². The van der Waals surface area contributed by atoms with Crippen LogP contribution in [0, 0.1) is 0 Å². The number of rotatable bonds is 2. The number of carbonyl (C=O) groups is 1. The Hall–Kier alpha value is -1.58. The average Bonchev–Trinajstić information content (AvgIpc) is 3.00. The third kappa shape index (κ3) is 3.04. The summed E-state index contributed by atoms with van der Waals surface area (Å²) < 4.78 is 0. The zero-order valence-corrected chi connectivity index (χ0v) is 12.8. The minimum absolute atomic E-state index is 0.152. The van der Waals surface area contributed by atoms with Crippen molar-refractivity contribution in [3.63, 3.8) is 0 Å². The minimum Gasteiger partial charge on any atom is -0.337 e. The number of likely N-dealkylation sites (tertiary alicyclic amines) is 1. The first kappa shape index (κ1) is 14.4. The van der Waals surface area contributed by atoms with Crippen molar-refractivity contribution >= 4 is 29.1 Å². The predicted molar refractivity (Wildman–Crippen MR) is 84.0 cm³/mol. The van der Waals surface area contributed by atoms with Crippen molar-refractivity contribution in [2.24, 2.45) is 0 Å². The molecule has 1 saturated heterocycles. The van der Waals surface area contributed by atoms with E-state index in [9.17, 15) is 4.79 Å². The molecular weight excluding hydrogens is 307 g/mol. The lowest BCUT2D eigenvalue weighted by molar-refractivity contribution is 0.0785. The Morgan fingerprint density at radius 1 is 1.14 bits per heavy atom. The highest BCUT2D eigenvalue weighted by Crippen LogP contribution is 2.29. The van der Waals surface area contributed by atoms with E-state index in [0.717, 1.165) is 6.42 Å². The smallest absolute Gasteiger partial charge is 0.274 e. The first-order valence-corrected chi connectivity index (χ1v) is 7.57. The van der Waals surface area contributed by atoms with Gasteiger partial charge in [0.2, 0.25) is 0 Å². The van der Waals surface area contributed by atoms with Gasteiger partial charge in [-0.3, -0.25) is 4.79 Å². The van der Waals surface area contributed by atoms with Crippen LogP contribution in [0.25, 0.3) is 0 Å². The van der Waals surface area contributed by atoms with Crippen LogP contribution in [0.1, 0.15) is 28.4 Å². The number of amides is 1. The molecule has 0 bridgehead atoms. The quantitative estimate of drug-likeness (QED) is 0.783. The van der Waals surface area contributed by atoms with E-state index in [1.54, 1.807) is 17.0 Å². The standard InChI is InChI=1S/C16H14Cl2N2O/c17-13-6-7-14(18)19-15(13)16(21)20-9-8-12(10-20)11-4-2-1-3-5-11/h1-7,12H,8-10H2. The molecule has 0 aliphatic carbocycles. The summed E-state index contributed by atoms with van der Waals surface area (Å²) in [6.45, 7) is 1.40. The molecule has 1 atom stereocenters. The molecule has 1 unspecified atom stereocenters. The van der Waals surface area contributed by atoms with Crippen LogP contribution in [-0.2, 0) is 0 Å². The molecule has 3 nitrogen and oxygen atoms in total. The summed E-state index contributed by atoms with van der Waals surface area (Å²) >= 11 is 11.9. The summed E-state index contributed by atoms with van der Waals surface area (Å²) in [4.78, 5) is 18.4. The van der Waals surface area contributed by atoms with Crippen LogP contribution in [0.15, 0.2) is 42.5 Å². The van der Waals surface area contributed by atoms with Crippen LogP contribution >= 0.6 is 23.2 Å². The zero-order valence-electron chi connectivity index (χ0n) is 11.3. The molecule has 108 valence electrons. The fourth-order valence-electron chi connectivity index (χ4n) is 2.66. The van der Waals surface area contributed by atoms with Gasteiger partial charge in [-0.25, -0.2) is 4.98 Å². The fraction of sp³-hybridized carbons (Fsp3) is 0.250. The zero-order chi connectivity index (χ0) is 14.8. The molecule has 2 aromatic rings. The van der Waals surface area contributed by atoms with Gasteiger partial charge in [0.05, 0.1) is 5.02 Å². The molecule has 0 radical (unpaired) electrons. The average molecular weight is 321 g/mol. The van der Waals surface area contributed by atoms with Gasteiger partial charge in [-0.05, 0) is 24.1 Å². The van der Waals surface area contributed by atoms with E-state index in [0.29, 0.717) is 24.0 Å². The number of carbonyl (C=O) groups excluding carboxylic acids is 1. The molecular formula is C16H14Cl2N2O. The van der Waals surface area contributed by atoms with Crippen molar-refractivity contribution in [2.75, 3.05) is 13.1 Å². The maximum absolute atomic E-state index is 12.5. The minimum atomic E-state index is -0.152. The number of aromatic nitrogens is 1. The van der Waals surface area contributed by atoms with Gasteiger partial charge in [0.15, 0.2) is 0 Å². The highest BCUT2D eigenvalue weighted by Gasteiger charge is 2.29. The molecule has 5 heteroatoms. The largest absolute Gasteiger partial charge is 0.337 e. The molecule has 0 N–H and O–H groups in total. The Balaban J connectivity index is 1.77. The molecule has 1 aliphatic heterocycles. The van der Waals surface area contributed by atoms with E-state index in [1.165, 1.54) is 5.56 Å². The summed E-state index contributed by atoms with van der Waals surface area (Å²) in [5, 5.41) is 0.620. The van der Waals surface area contributed by atoms with Crippen LogP contribution < -0.4 is 0 Å². The van der Waals surface area contributed by atoms with Gasteiger partial charge < -0.3 is 4.90 Å². The first-order chi connectivity index (χ1) is 10.1. The lowest BCUT2D eigenvalue weighted by Crippen LogP contribution is -2.29. The van der Waals surface area contributed by atoms with Crippen LogP contribution in [0.3, 0.4) is 0 Å². The summed E-state index contributed by atoms with van der Waals surface area (Å²) in [5.74, 6) is 0.217. The van der Waals surface area contributed by atoms with Crippen LogP contribution in [0.5, 0.6) is 0 Å². The summed E-state index contributed by atoms with van der Waals surface area (Å²) in [7, 11) is 0. The van der Waals surface area contributed by atoms with Gasteiger partial charge in [0.25, 0.3) is 5.91 Å². The molecule has 3 rings (SSSR count). The van der Waals surface area contributed by atoms with Gasteiger partial charge in [-0.1, -0.05) is 53.5 Å². The Kier molecular flexibility index (Phi) is 4.13. The molecule has 2 heterocycles. The van der Waals surface area contributed by atoms with Crippen molar-refractivity contribution in [2.45, 2.75) is 12.3 Å². The van der Waals surface area contributed by atoms with Crippen molar-refractivity contribution in [1.29, 1.82) is 0 Å². The monoisotopic (exact) mass is 320 g/mol. The fourth-order valence-corrected chi connectivity index (χ4v) is 2.99. The van der Waals surface area contributed by atoms with E-state index < -0.39 is 0 Å². The van der Waals surface area contributed by atoms with Crippen molar-refractivity contribution < 1.29 is 4.79 Å². The third-order valence-electron chi connectivity index (χ3n) is 3.76. The van der Waals surface area contributed by atoms with Crippen LogP contribution in [-0.4, -0.2) is 28.9 Å². The molecule has 1 aliphatic rings. The van der Waals surface area contributed by atoms with Crippen molar-refractivity contribution in [3.8, 4) is 0 Å². The maximum atomic E-state index is 12.5. The topological polar surface area (TPSA) is 33.2 Å². The SMILES string of the molecule is O=C(c1nc(Cl)ccc1Cl)N1CCC(c2ccccc2)C1. The normalized spacial score (nSPS) is 18.0. The van der Waals surface area contributed by atoms with Crippen molar-refractivity contribution in [1.82, 2.24) is 9.88 Å². The summed E-state index contributed by atoms with van der Waals surface area (Å²) in [5.41, 5.74) is 1.50. The van der Waals surface area contributed by atoms with Crippen LogP contribution in [0.4, 0.5) is 0 Å². The molecule has 1 aromatic heterocycles. The van der Waals surface area contributed by atoms with E-state index in [4.69, 9.17) is 23.2 Å². The lowest BCUT2D eigenvalue weighted by Gasteiger charge is -2.17. The molecule has 1 amide bonds. The van der Waals surface area contributed by atoms with Crippen LogP contribution in [0.2, 0.25) is 10.2 Å². The third-order valence-corrected chi connectivity index (χ3v) is 4.28. The molecule has 1 aromatic carbocycles. The number of hydrogen-bond donors (Lipinski definition) is 0. The summed E-state index contributed by atoms with van der Waals surface area (Å²) in [6.07, 6.45) is 0.952. The first-order valence-electron chi connectivity index (χ1n) is 6.81. The van der Waals surface area contributed by atoms with Gasteiger partial charge in [-0.2, -0.15) is 0 Å². The second kappa shape index (κ2) is 6.04. The molecule has 21 heavy (non-hydrogen) atoms. The maximum Gasteiger partial charge on any atom is 0.274 e. The second-order valence-corrected chi connectivity index (χ2v) is 5.91. The van der Waals surface area contributed by atoms with E-state index in [1.807, 2.05) is 18.2 Å². The van der Waals surface area contributed by atoms with Gasteiger partial charge in [0.1, 0.15) is 10.8 Å². The molecule has 1 fully saturated rings. The van der Waals surface area contributed by atoms with Gasteiger partial charge in [-0.15, -0.1) is 0 Å². The Morgan fingerprint density at radius 2 is 1.90 bits per heavy atom.